The normalized spacial score (nSPS) is 14.6. The van der Waals surface area contributed by atoms with E-state index in [0.29, 0.717) is 32.1 Å². The van der Waals surface area contributed by atoms with Gasteiger partial charge in [0.05, 0.1) is 18.4 Å². The highest BCUT2D eigenvalue weighted by molar-refractivity contribution is 14.0. The van der Waals surface area contributed by atoms with Crippen molar-refractivity contribution >= 4 is 47.4 Å². The number of piperazine rings is 1. The van der Waals surface area contributed by atoms with E-state index in [4.69, 9.17) is 5.73 Å². The molecule has 0 atom stereocenters. The first-order valence-electron chi connectivity index (χ1n) is 9.05. The van der Waals surface area contributed by atoms with E-state index < -0.39 is 5.91 Å². The minimum atomic E-state index is -0.562. The van der Waals surface area contributed by atoms with E-state index in [1.165, 1.54) is 0 Å². The molecule has 3 heterocycles. The van der Waals surface area contributed by atoms with Gasteiger partial charge < -0.3 is 20.9 Å². The average Bonchev–Trinajstić information content (AvgIpc) is 3.11. The number of nitrogens with two attached hydrogens (primary N) is 1. The number of carbonyl (C=O) groups excluding carboxylic acids is 2. The third-order valence-electron chi connectivity index (χ3n) is 4.35. The lowest BCUT2D eigenvalue weighted by Gasteiger charge is -2.35. The van der Waals surface area contributed by atoms with Gasteiger partial charge in [0.2, 0.25) is 5.91 Å². The first-order valence-corrected chi connectivity index (χ1v) is 9.05. The Bertz CT molecular complexity index is 880. The third-order valence-corrected chi connectivity index (χ3v) is 4.35. The van der Waals surface area contributed by atoms with Crippen molar-refractivity contribution in [1.82, 2.24) is 25.0 Å². The molecular weight excluding hydrogens is 487 g/mol. The molecule has 3 N–H and O–H groups in total. The Labute approximate surface area is 186 Å². The second kappa shape index (κ2) is 10.2. The van der Waals surface area contributed by atoms with Crippen LogP contribution in [-0.2, 0) is 18.4 Å². The Balaban J connectivity index is 0.00000300. The maximum absolute atomic E-state index is 12.6. The Morgan fingerprint density at radius 2 is 2.10 bits per heavy atom. The predicted octanol–water partition coefficient (Wildman–Crippen LogP) is 0.346. The topological polar surface area (TPSA) is 122 Å². The smallest absolute Gasteiger partial charge is 0.267 e. The quantitative estimate of drug-likeness (QED) is 0.339. The Morgan fingerprint density at radius 3 is 2.66 bits per heavy atom. The summed E-state index contributed by atoms with van der Waals surface area (Å²) in [6.07, 6.45) is 5.10. The molecule has 29 heavy (non-hydrogen) atoms. The van der Waals surface area contributed by atoms with Crippen molar-refractivity contribution in [3.05, 3.63) is 42.0 Å². The zero-order chi connectivity index (χ0) is 20.1. The van der Waals surface area contributed by atoms with E-state index in [1.54, 1.807) is 34.1 Å². The van der Waals surface area contributed by atoms with Gasteiger partial charge in [0.1, 0.15) is 12.2 Å². The summed E-state index contributed by atoms with van der Waals surface area (Å²) in [5, 5.41) is 7.35. The van der Waals surface area contributed by atoms with Gasteiger partial charge in [-0.05, 0) is 18.6 Å². The lowest BCUT2D eigenvalue weighted by Crippen LogP contribution is -2.55. The van der Waals surface area contributed by atoms with Gasteiger partial charge >= 0.3 is 0 Å². The van der Waals surface area contributed by atoms with Crippen LogP contribution in [0.15, 0.2) is 35.7 Å². The number of hydrogen-bond donors (Lipinski definition) is 2. The van der Waals surface area contributed by atoms with Gasteiger partial charge in [0.25, 0.3) is 5.91 Å². The van der Waals surface area contributed by atoms with Crippen LogP contribution in [0.4, 0.5) is 5.69 Å². The molecule has 2 aromatic rings. The number of anilines is 1. The number of aliphatic imine (C=N–C) groups is 1. The van der Waals surface area contributed by atoms with E-state index >= 15 is 0 Å². The summed E-state index contributed by atoms with van der Waals surface area (Å²) in [4.78, 5) is 36.0. The number of pyridine rings is 1. The van der Waals surface area contributed by atoms with Crippen LogP contribution in [-0.4, -0.2) is 63.6 Å². The molecule has 0 radical (unpaired) electrons. The summed E-state index contributed by atoms with van der Waals surface area (Å²) in [6.45, 7) is 4.50. The first kappa shape index (κ1) is 22.6. The zero-order valence-corrected chi connectivity index (χ0v) is 18.7. The van der Waals surface area contributed by atoms with Gasteiger partial charge in [-0.25, -0.2) is 4.99 Å². The van der Waals surface area contributed by atoms with Crippen molar-refractivity contribution in [3.8, 4) is 0 Å². The number of primary amides is 1. The van der Waals surface area contributed by atoms with Crippen molar-refractivity contribution in [2.75, 3.05) is 31.1 Å². The van der Waals surface area contributed by atoms with Gasteiger partial charge in [0, 0.05) is 39.1 Å². The van der Waals surface area contributed by atoms with Gasteiger partial charge in [-0.15, -0.1) is 24.0 Å². The van der Waals surface area contributed by atoms with Crippen LogP contribution in [0.25, 0.3) is 0 Å². The number of nitrogens with one attached hydrogen (secondary N) is 1. The molecule has 1 saturated heterocycles. The molecule has 11 heteroatoms. The molecule has 0 aromatic carbocycles. The Morgan fingerprint density at radius 1 is 1.31 bits per heavy atom. The summed E-state index contributed by atoms with van der Waals surface area (Å²) >= 11 is 0. The zero-order valence-electron chi connectivity index (χ0n) is 16.4. The molecule has 1 aliphatic rings. The molecule has 2 aromatic heterocycles. The van der Waals surface area contributed by atoms with Gasteiger partial charge in [-0.2, -0.15) is 5.10 Å². The number of halogens is 1. The molecule has 0 saturated carbocycles. The van der Waals surface area contributed by atoms with Crippen molar-refractivity contribution in [1.29, 1.82) is 0 Å². The molecule has 2 amide bonds. The molecule has 1 fully saturated rings. The van der Waals surface area contributed by atoms with Crippen LogP contribution in [0.1, 0.15) is 23.0 Å². The maximum atomic E-state index is 12.6. The fourth-order valence-electron chi connectivity index (χ4n) is 2.93. The first-order chi connectivity index (χ1) is 13.5. The molecule has 0 aliphatic carbocycles. The number of nitrogens with zero attached hydrogens (tertiary/aromatic N) is 6. The maximum Gasteiger partial charge on any atom is 0.267 e. The number of hydrogen-bond acceptors (Lipinski definition) is 5. The largest absolute Gasteiger partial charge is 0.364 e. The van der Waals surface area contributed by atoms with Gasteiger partial charge in [-0.1, -0.05) is 6.07 Å². The van der Waals surface area contributed by atoms with Crippen LogP contribution in [0, 0.1) is 0 Å². The molecule has 10 nitrogen and oxygen atoms in total. The van der Waals surface area contributed by atoms with Crippen molar-refractivity contribution in [2.45, 2.75) is 13.5 Å². The third kappa shape index (κ3) is 5.65. The average molecular weight is 512 g/mol. The lowest BCUT2D eigenvalue weighted by molar-refractivity contribution is -0.120. The van der Waals surface area contributed by atoms with Crippen molar-refractivity contribution < 1.29 is 9.59 Å². The highest BCUT2D eigenvalue weighted by Crippen LogP contribution is 2.16. The second-order valence-electron chi connectivity index (χ2n) is 6.43. The molecule has 0 unspecified atom stereocenters. The van der Waals surface area contributed by atoms with E-state index in [9.17, 15) is 9.59 Å². The number of carbonyl (C=O) groups is 2. The summed E-state index contributed by atoms with van der Waals surface area (Å²) < 4.78 is 1.68. The molecule has 0 bridgehead atoms. The number of aryl methyl sites for hydroxylation is 1. The van der Waals surface area contributed by atoms with E-state index in [1.807, 2.05) is 25.1 Å². The van der Waals surface area contributed by atoms with Crippen molar-refractivity contribution in [2.24, 2.45) is 17.8 Å². The van der Waals surface area contributed by atoms with Crippen LogP contribution >= 0.6 is 24.0 Å². The predicted molar refractivity (Wildman–Crippen MR) is 120 cm³/mol. The molecular formula is C18H25IN8O2. The highest BCUT2D eigenvalue weighted by Gasteiger charge is 2.27. The molecule has 1 aliphatic heterocycles. The van der Waals surface area contributed by atoms with Crippen molar-refractivity contribution in [3.63, 3.8) is 0 Å². The van der Waals surface area contributed by atoms with E-state index in [-0.39, 0.29) is 42.1 Å². The standard InChI is InChI=1S/C18H24N8O2.HI/c1-3-20-18(22-9-13-4-5-15(17(19)28)21-8-13)25-6-7-26(16(27)12-25)14-10-23-24(2)11-14;/h4-5,8,10-11H,3,6-7,9,12H2,1-2H3,(H2,19,28)(H,20,22);1H. The summed E-state index contributed by atoms with van der Waals surface area (Å²) in [5.41, 5.74) is 7.07. The monoisotopic (exact) mass is 512 g/mol. The number of rotatable bonds is 5. The Kier molecular flexibility index (Phi) is 7.93. The minimum Gasteiger partial charge on any atom is -0.364 e. The number of amides is 2. The van der Waals surface area contributed by atoms with Crippen LogP contribution in [0.5, 0.6) is 0 Å². The summed E-state index contributed by atoms with van der Waals surface area (Å²) in [7, 11) is 1.82. The summed E-state index contributed by atoms with van der Waals surface area (Å²) in [6, 6.07) is 3.35. The van der Waals surface area contributed by atoms with Gasteiger partial charge in [0.15, 0.2) is 5.96 Å². The van der Waals surface area contributed by atoms with Crippen LogP contribution in [0.3, 0.4) is 0 Å². The fraction of sp³-hybridized carbons (Fsp3) is 0.389. The lowest BCUT2D eigenvalue weighted by atomic mass is 10.2. The summed E-state index contributed by atoms with van der Waals surface area (Å²) in [5.74, 6) is 0.103. The molecule has 156 valence electrons. The minimum absolute atomic E-state index is 0. The van der Waals surface area contributed by atoms with Gasteiger partial charge in [-0.3, -0.25) is 19.3 Å². The second-order valence-corrected chi connectivity index (χ2v) is 6.43. The molecule has 0 spiro atoms. The highest BCUT2D eigenvalue weighted by atomic mass is 127. The number of aromatic nitrogens is 3. The van der Waals surface area contributed by atoms with E-state index in [2.05, 4.69) is 20.4 Å². The van der Waals surface area contributed by atoms with Crippen LogP contribution in [0.2, 0.25) is 0 Å². The number of guanidine groups is 1. The molecule has 3 rings (SSSR count). The van der Waals surface area contributed by atoms with Crippen LogP contribution < -0.4 is 16.0 Å². The Hall–Kier alpha value is -2.70. The SMILES string of the molecule is CCNC(=NCc1ccc(C(N)=O)nc1)N1CCN(c2cnn(C)c2)C(=O)C1.I. The fourth-order valence-corrected chi connectivity index (χ4v) is 2.93. The van der Waals surface area contributed by atoms with E-state index in [0.717, 1.165) is 11.3 Å².